The number of hydrogen-bond donors (Lipinski definition) is 1. The maximum Gasteiger partial charge on any atom is 0.227 e. The standard InChI is InChI=1S/C20H24N6O3.ClH/c1-25-11-10-22-20(25)16-13-21-9-12-26(16)18(27)8-7-17-23-19(24-29-17)14-3-5-15(28-2)6-4-14;/h3-6,10-11,16,21H,7-9,12-13H2,1-2H3;1H. The highest BCUT2D eigenvalue weighted by Crippen LogP contribution is 2.23. The molecule has 0 spiro atoms. The number of nitrogens with zero attached hydrogens (tertiary/aromatic N) is 5. The summed E-state index contributed by atoms with van der Waals surface area (Å²) in [4.78, 5) is 23.6. The summed E-state index contributed by atoms with van der Waals surface area (Å²) < 4.78 is 12.5. The van der Waals surface area contributed by atoms with Crippen molar-refractivity contribution in [3.63, 3.8) is 0 Å². The lowest BCUT2D eigenvalue weighted by molar-refractivity contribution is -0.134. The van der Waals surface area contributed by atoms with Crippen molar-refractivity contribution in [2.24, 2.45) is 7.05 Å². The van der Waals surface area contributed by atoms with E-state index in [9.17, 15) is 4.79 Å². The van der Waals surface area contributed by atoms with Crippen molar-refractivity contribution in [2.75, 3.05) is 26.7 Å². The van der Waals surface area contributed by atoms with Crippen molar-refractivity contribution in [2.45, 2.75) is 18.9 Å². The fourth-order valence-electron chi connectivity index (χ4n) is 3.50. The summed E-state index contributed by atoms with van der Waals surface area (Å²) in [6, 6.07) is 7.36. The van der Waals surface area contributed by atoms with Crippen LogP contribution in [0.2, 0.25) is 0 Å². The average Bonchev–Trinajstić information content (AvgIpc) is 3.41. The second-order valence-electron chi connectivity index (χ2n) is 6.94. The summed E-state index contributed by atoms with van der Waals surface area (Å²) in [6.07, 6.45) is 4.36. The molecule has 3 heterocycles. The molecule has 0 radical (unpaired) electrons. The summed E-state index contributed by atoms with van der Waals surface area (Å²) in [5.74, 6) is 2.66. The predicted molar refractivity (Wildman–Crippen MR) is 112 cm³/mol. The van der Waals surface area contributed by atoms with E-state index in [0.29, 0.717) is 37.6 Å². The maximum atomic E-state index is 12.9. The van der Waals surface area contributed by atoms with Crippen LogP contribution in [0, 0.1) is 0 Å². The van der Waals surface area contributed by atoms with Gasteiger partial charge in [0.15, 0.2) is 0 Å². The van der Waals surface area contributed by atoms with Gasteiger partial charge in [-0.3, -0.25) is 4.79 Å². The molecular formula is C20H25ClN6O3. The molecule has 0 aliphatic carbocycles. The third-order valence-corrected chi connectivity index (χ3v) is 5.09. The van der Waals surface area contributed by atoms with E-state index in [1.807, 2.05) is 47.0 Å². The largest absolute Gasteiger partial charge is 0.497 e. The van der Waals surface area contributed by atoms with E-state index in [2.05, 4.69) is 20.4 Å². The van der Waals surface area contributed by atoms with Crippen LogP contribution in [-0.4, -0.2) is 57.2 Å². The highest BCUT2D eigenvalue weighted by atomic mass is 35.5. The van der Waals surface area contributed by atoms with Crippen LogP contribution in [0.3, 0.4) is 0 Å². The van der Waals surface area contributed by atoms with Crippen LogP contribution < -0.4 is 10.1 Å². The molecule has 1 amide bonds. The second kappa shape index (κ2) is 9.73. The quantitative estimate of drug-likeness (QED) is 0.636. The van der Waals surface area contributed by atoms with Gasteiger partial charge in [-0.25, -0.2) is 4.98 Å². The lowest BCUT2D eigenvalue weighted by atomic mass is 10.1. The molecule has 9 nitrogen and oxygen atoms in total. The van der Waals surface area contributed by atoms with E-state index in [4.69, 9.17) is 9.26 Å². The van der Waals surface area contributed by atoms with Gasteiger partial charge in [-0.05, 0) is 24.3 Å². The molecule has 1 unspecified atom stereocenters. The van der Waals surface area contributed by atoms with Gasteiger partial charge in [0.2, 0.25) is 17.6 Å². The molecule has 10 heteroatoms. The lowest BCUT2D eigenvalue weighted by Gasteiger charge is -2.35. The zero-order valence-corrected chi connectivity index (χ0v) is 17.8. The Kier molecular flexibility index (Phi) is 7.07. The van der Waals surface area contributed by atoms with E-state index in [1.54, 1.807) is 13.3 Å². The Hall–Kier alpha value is -2.91. The van der Waals surface area contributed by atoms with Gasteiger partial charge in [0.1, 0.15) is 17.6 Å². The van der Waals surface area contributed by atoms with Crippen molar-refractivity contribution in [3.05, 3.63) is 48.4 Å². The summed E-state index contributed by atoms with van der Waals surface area (Å²) in [6.45, 7) is 2.12. The molecule has 0 bridgehead atoms. The molecule has 0 saturated carbocycles. The van der Waals surface area contributed by atoms with Crippen LogP contribution in [0.4, 0.5) is 0 Å². The number of carbonyl (C=O) groups excluding carboxylic acids is 1. The highest BCUT2D eigenvalue weighted by Gasteiger charge is 2.30. The number of amides is 1. The number of aryl methyl sites for hydroxylation is 2. The number of methoxy groups -OCH3 is 1. The minimum atomic E-state index is -0.0752. The van der Waals surface area contributed by atoms with E-state index in [1.165, 1.54) is 0 Å². The zero-order chi connectivity index (χ0) is 20.2. The van der Waals surface area contributed by atoms with Gasteiger partial charge in [0, 0.05) is 57.5 Å². The Morgan fingerprint density at radius 1 is 1.33 bits per heavy atom. The molecule has 4 rings (SSSR count). The topological polar surface area (TPSA) is 98.3 Å². The number of carbonyl (C=O) groups is 1. The molecule has 1 atom stereocenters. The number of ether oxygens (including phenoxy) is 1. The van der Waals surface area contributed by atoms with Crippen molar-refractivity contribution >= 4 is 18.3 Å². The van der Waals surface area contributed by atoms with Crippen LogP contribution >= 0.6 is 12.4 Å². The van der Waals surface area contributed by atoms with Gasteiger partial charge in [0.25, 0.3) is 0 Å². The second-order valence-corrected chi connectivity index (χ2v) is 6.94. The first kappa shape index (κ1) is 21.8. The van der Waals surface area contributed by atoms with E-state index >= 15 is 0 Å². The summed E-state index contributed by atoms with van der Waals surface area (Å²) in [5.41, 5.74) is 0.837. The van der Waals surface area contributed by atoms with Crippen LogP contribution in [0.25, 0.3) is 11.4 Å². The van der Waals surface area contributed by atoms with E-state index < -0.39 is 0 Å². The minimum Gasteiger partial charge on any atom is -0.497 e. The van der Waals surface area contributed by atoms with Gasteiger partial charge < -0.3 is 24.0 Å². The van der Waals surface area contributed by atoms with Crippen LogP contribution in [-0.2, 0) is 18.3 Å². The van der Waals surface area contributed by atoms with Crippen molar-refractivity contribution in [1.82, 2.24) is 29.9 Å². The Labute approximate surface area is 180 Å². The number of hydrogen-bond acceptors (Lipinski definition) is 7. The fraction of sp³-hybridized carbons (Fsp3) is 0.400. The van der Waals surface area contributed by atoms with Gasteiger partial charge in [-0.1, -0.05) is 5.16 Å². The normalized spacial score (nSPS) is 16.2. The number of imidazole rings is 1. The number of rotatable bonds is 6. The van der Waals surface area contributed by atoms with Crippen LogP contribution in [0.5, 0.6) is 5.75 Å². The minimum absolute atomic E-state index is 0. The van der Waals surface area contributed by atoms with Crippen LogP contribution in [0.15, 0.2) is 41.2 Å². The van der Waals surface area contributed by atoms with E-state index in [-0.39, 0.29) is 24.4 Å². The van der Waals surface area contributed by atoms with Gasteiger partial charge >= 0.3 is 0 Å². The number of nitrogens with one attached hydrogen (secondary N) is 1. The Bertz CT molecular complexity index is 971. The van der Waals surface area contributed by atoms with Gasteiger partial charge in [0.05, 0.1) is 7.11 Å². The Balaban J connectivity index is 0.00000256. The molecule has 1 aromatic carbocycles. The van der Waals surface area contributed by atoms with Crippen molar-refractivity contribution < 1.29 is 14.1 Å². The fourth-order valence-corrected chi connectivity index (χ4v) is 3.50. The zero-order valence-electron chi connectivity index (χ0n) is 16.9. The molecule has 160 valence electrons. The van der Waals surface area contributed by atoms with Crippen LogP contribution in [0.1, 0.15) is 24.2 Å². The first-order chi connectivity index (χ1) is 14.2. The summed E-state index contributed by atoms with van der Waals surface area (Å²) in [5, 5.41) is 7.37. The maximum absolute atomic E-state index is 12.9. The Morgan fingerprint density at radius 2 is 2.13 bits per heavy atom. The first-order valence-corrected chi connectivity index (χ1v) is 9.60. The number of aromatic nitrogens is 4. The highest BCUT2D eigenvalue weighted by molar-refractivity contribution is 5.85. The summed E-state index contributed by atoms with van der Waals surface area (Å²) >= 11 is 0. The molecule has 1 aliphatic rings. The number of benzene rings is 1. The third-order valence-electron chi connectivity index (χ3n) is 5.09. The third kappa shape index (κ3) is 4.63. The lowest BCUT2D eigenvalue weighted by Crippen LogP contribution is -2.49. The molecule has 1 N–H and O–H groups in total. The molecule has 1 saturated heterocycles. The van der Waals surface area contributed by atoms with E-state index in [0.717, 1.165) is 23.7 Å². The molecule has 30 heavy (non-hydrogen) atoms. The Morgan fingerprint density at radius 3 is 2.83 bits per heavy atom. The number of piperazine rings is 1. The SMILES string of the molecule is COc1ccc(-c2noc(CCC(=O)N3CCNCC3c3nccn3C)n2)cc1.Cl. The predicted octanol–water partition coefficient (Wildman–Crippen LogP) is 2.01. The molecular weight excluding hydrogens is 408 g/mol. The molecule has 3 aromatic rings. The molecule has 1 aliphatic heterocycles. The summed E-state index contributed by atoms with van der Waals surface area (Å²) in [7, 11) is 3.56. The molecule has 1 fully saturated rings. The van der Waals surface area contributed by atoms with Gasteiger partial charge in [-0.2, -0.15) is 4.98 Å². The monoisotopic (exact) mass is 432 g/mol. The molecule has 2 aromatic heterocycles. The average molecular weight is 433 g/mol. The first-order valence-electron chi connectivity index (χ1n) is 9.60. The number of halogens is 1. The van der Waals surface area contributed by atoms with Crippen molar-refractivity contribution in [1.29, 1.82) is 0 Å². The van der Waals surface area contributed by atoms with Gasteiger partial charge in [-0.15, -0.1) is 12.4 Å². The smallest absolute Gasteiger partial charge is 0.227 e. The van der Waals surface area contributed by atoms with Crippen molar-refractivity contribution in [3.8, 4) is 17.1 Å².